The van der Waals surface area contributed by atoms with Crippen molar-refractivity contribution < 1.29 is 0 Å². The van der Waals surface area contributed by atoms with Gasteiger partial charge in [0.15, 0.2) is 0 Å². The first-order valence-electron chi connectivity index (χ1n) is 6.30. The first-order valence-corrected chi connectivity index (χ1v) is 8.40. The summed E-state index contributed by atoms with van der Waals surface area (Å²) in [5, 5.41) is 6.78. The largest absolute Gasteiger partial charge is 0.316 e. The Morgan fingerprint density at radius 1 is 1.00 bits per heavy atom. The van der Waals surface area contributed by atoms with Crippen LogP contribution in [-0.2, 0) is 0 Å². The second kappa shape index (κ2) is 6.41. The average molecular weight is 245 g/mol. The molecule has 3 atom stereocenters. The molecule has 0 aromatic rings. The van der Waals surface area contributed by atoms with Crippen molar-refractivity contribution in [3.63, 3.8) is 0 Å². The van der Waals surface area contributed by atoms with E-state index in [9.17, 15) is 0 Å². The summed E-state index contributed by atoms with van der Waals surface area (Å²) in [6.45, 7) is 4.92. The van der Waals surface area contributed by atoms with Crippen LogP contribution in [0.5, 0.6) is 0 Å². The van der Waals surface area contributed by atoms with Crippen LogP contribution < -0.4 is 5.32 Å². The predicted molar refractivity (Wildman–Crippen MR) is 72.7 cm³/mol. The summed E-state index contributed by atoms with van der Waals surface area (Å²) >= 11 is 4.37. The highest BCUT2D eigenvalue weighted by atomic mass is 32.2. The second-order valence-corrected chi connectivity index (χ2v) is 7.73. The zero-order valence-corrected chi connectivity index (χ0v) is 11.3. The van der Waals surface area contributed by atoms with Crippen molar-refractivity contribution in [3.8, 4) is 0 Å². The van der Waals surface area contributed by atoms with Gasteiger partial charge in [-0.2, -0.15) is 0 Å². The molecule has 2 aliphatic rings. The molecule has 1 nitrogen and oxygen atoms in total. The Morgan fingerprint density at radius 2 is 1.87 bits per heavy atom. The molecule has 0 aromatic heterocycles. The van der Waals surface area contributed by atoms with Crippen molar-refractivity contribution in [3.05, 3.63) is 0 Å². The van der Waals surface area contributed by atoms with Gasteiger partial charge in [-0.25, -0.2) is 0 Å². The van der Waals surface area contributed by atoms with Crippen LogP contribution in [0.4, 0.5) is 0 Å². The smallest absolute Gasteiger partial charge is 0.0398 e. The first kappa shape index (κ1) is 12.1. The molecular formula is C12H23NS2. The second-order valence-electron chi connectivity index (χ2n) is 4.91. The van der Waals surface area contributed by atoms with E-state index in [1.54, 1.807) is 0 Å². The monoisotopic (exact) mass is 245 g/mol. The number of hydrogen-bond donors (Lipinski definition) is 1. The minimum atomic E-state index is 0.889. The number of fused-ring (bicyclic) bond motifs is 1. The first-order chi connectivity index (χ1) is 7.36. The summed E-state index contributed by atoms with van der Waals surface area (Å²) < 4.78 is 0. The molecule has 0 bridgehead atoms. The predicted octanol–water partition coefficient (Wildman–Crippen LogP) is 3.35. The maximum Gasteiger partial charge on any atom is 0.0398 e. The minimum absolute atomic E-state index is 0.889. The van der Waals surface area contributed by atoms with Crippen LogP contribution in [0.3, 0.4) is 0 Å². The molecule has 2 heterocycles. The highest BCUT2D eigenvalue weighted by molar-refractivity contribution is 8.19. The topological polar surface area (TPSA) is 12.0 Å². The van der Waals surface area contributed by atoms with Gasteiger partial charge in [0.25, 0.3) is 0 Å². The summed E-state index contributed by atoms with van der Waals surface area (Å²) in [6, 6.07) is 0. The van der Waals surface area contributed by atoms with Gasteiger partial charge < -0.3 is 5.32 Å². The molecule has 0 spiro atoms. The normalized spacial score (nSPS) is 39.4. The van der Waals surface area contributed by atoms with Gasteiger partial charge in [-0.1, -0.05) is 19.8 Å². The van der Waals surface area contributed by atoms with Crippen molar-refractivity contribution in [1.29, 1.82) is 0 Å². The third kappa shape index (κ3) is 3.86. The molecule has 2 aliphatic heterocycles. The summed E-state index contributed by atoms with van der Waals surface area (Å²) in [5.41, 5.74) is 0. The van der Waals surface area contributed by atoms with Crippen LogP contribution in [0.15, 0.2) is 0 Å². The molecule has 0 radical (unpaired) electrons. The van der Waals surface area contributed by atoms with Crippen molar-refractivity contribution in [2.75, 3.05) is 18.2 Å². The summed E-state index contributed by atoms with van der Waals surface area (Å²) in [7, 11) is 0. The molecule has 3 heteroatoms. The van der Waals surface area contributed by atoms with E-state index in [4.69, 9.17) is 0 Å². The summed E-state index contributed by atoms with van der Waals surface area (Å²) in [6.07, 6.45) is 7.14. The number of hydrogen-bond acceptors (Lipinski definition) is 3. The fourth-order valence-corrected chi connectivity index (χ4v) is 5.85. The molecular weight excluding hydrogens is 222 g/mol. The van der Waals surface area contributed by atoms with Crippen molar-refractivity contribution in [2.45, 2.75) is 49.5 Å². The summed E-state index contributed by atoms with van der Waals surface area (Å²) in [5.74, 6) is 0.954. The Labute approximate surface area is 103 Å². The quantitative estimate of drug-likeness (QED) is 0.703. The Bertz CT molecular complexity index is 186. The Morgan fingerprint density at radius 3 is 2.80 bits per heavy atom. The number of rotatable bonds is 0. The van der Waals surface area contributed by atoms with Crippen molar-refractivity contribution >= 4 is 23.5 Å². The van der Waals surface area contributed by atoms with E-state index in [2.05, 4.69) is 35.8 Å². The van der Waals surface area contributed by atoms with Gasteiger partial charge in [-0.05, 0) is 31.7 Å². The lowest BCUT2D eigenvalue weighted by atomic mass is 9.97. The van der Waals surface area contributed by atoms with E-state index >= 15 is 0 Å². The van der Waals surface area contributed by atoms with Gasteiger partial charge >= 0.3 is 0 Å². The Kier molecular flexibility index (Phi) is 5.18. The van der Waals surface area contributed by atoms with Crippen LogP contribution in [-0.4, -0.2) is 28.7 Å². The molecule has 88 valence electrons. The molecule has 2 rings (SSSR count). The lowest BCUT2D eigenvalue weighted by Gasteiger charge is -2.18. The van der Waals surface area contributed by atoms with E-state index in [0.29, 0.717) is 0 Å². The van der Waals surface area contributed by atoms with Gasteiger partial charge in [-0.15, -0.1) is 23.5 Å². The number of thioether (sulfide) groups is 2. The van der Waals surface area contributed by atoms with Crippen LogP contribution >= 0.6 is 23.5 Å². The molecule has 2 fully saturated rings. The minimum Gasteiger partial charge on any atom is -0.316 e. The fourth-order valence-electron chi connectivity index (χ4n) is 2.47. The lowest BCUT2D eigenvalue weighted by Crippen LogP contribution is -2.30. The highest BCUT2D eigenvalue weighted by Crippen LogP contribution is 2.39. The lowest BCUT2D eigenvalue weighted by molar-refractivity contribution is 0.454. The SMILES string of the molecule is CC1CCCCNCC2SCS[C@@H]2CC1. The van der Waals surface area contributed by atoms with E-state index in [0.717, 1.165) is 16.4 Å². The molecule has 15 heavy (non-hydrogen) atoms. The van der Waals surface area contributed by atoms with Crippen LogP contribution in [0.2, 0.25) is 0 Å². The maximum atomic E-state index is 3.63. The summed E-state index contributed by atoms with van der Waals surface area (Å²) in [4.78, 5) is 0. The van der Waals surface area contributed by atoms with Crippen LogP contribution in [0, 0.1) is 5.92 Å². The zero-order valence-electron chi connectivity index (χ0n) is 9.71. The van der Waals surface area contributed by atoms with Gasteiger partial charge in [0.2, 0.25) is 0 Å². The third-order valence-electron chi connectivity index (χ3n) is 3.57. The molecule has 0 amide bonds. The molecule has 0 aliphatic carbocycles. The standard InChI is InChI=1S/C12H23NS2/c1-10-4-2-3-7-13-8-12-11(6-5-10)14-9-15-12/h10-13H,2-9H2,1H3/t10?,11-,12?/m1/s1. The Hall–Kier alpha value is 0.660. The molecule has 0 saturated carbocycles. The van der Waals surface area contributed by atoms with Gasteiger partial charge in [0.05, 0.1) is 0 Å². The van der Waals surface area contributed by atoms with Gasteiger partial charge in [0.1, 0.15) is 0 Å². The van der Waals surface area contributed by atoms with Crippen molar-refractivity contribution in [1.82, 2.24) is 5.32 Å². The molecule has 1 N–H and O–H groups in total. The van der Waals surface area contributed by atoms with E-state index in [-0.39, 0.29) is 0 Å². The van der Waals surface area contributed by atoms with Gasteiger partial charge in [-0.3, -0.25) is 0 Å². The van der Waals surface area contributed by atoms with E-state index in [1.165, 1.54) is 50.3 Å². The van der Waals surface area contributed by atoms with Crippen LogP contribution in [0.25, 0.3) is 0 Å². The van der Waals surface area contributed by atoms with E-state index < -0.39 is 0 Å². The molecule has 0 aromatic carbocycles. The zero-order chi connectivity index (χ0) is 10.5. The molecule has 2 unspecified atom stereocenters. The maximum absolute atomic E-state index is 3.63. The van der Waals surface area contributed by atoms with Gasteiger partial charge in [0, 0.05) is 22.1 Å². The fraction of sp³-hybridized carbons (Fsp3) is 1.00. The Balaban J connectivity index is 1.85. The molecule has 2 saturated heterocycles. The highest BCUT2D eigenvalue weighted by Gasteiger charge is 2.28. The third-order valence-corrected chi connectivity index (χ3v) is 6.75. The number of nitrogens with one attached hydrogen (secondary N) is 1. The van der Waals surface area contributed by atoms with E-state index in [1.807, 2.05) is 0 Å². The van der Waals surface area contributed by atoms with Crippen molar-refractivity contribution in [2.24, 2.45) is 5.92 Å². The van der Waals surface area contributed by atoms with Crippen LogP contribution in [0.1, 0.15) is 39.0 Å². The average Bonchev–Trinajstić information content (AvgIpc) is 2.66.